The number of hydrogen-bond donors (Lipinski definition) is 1. The van der Waals surface area contributed by atoms with Crippen molar-refractivity contribution in [1.82, 2.24) is 20.1 Å². The van der Waals surface area contributed by atoms with Crippen LogP contribution in [0, 0.1) is 0 Å². The Morgan fingerprint density at radius 1 is 1.00 bits per heavy atom. The Labute approximate surface area is 192 Å². The third kappa shape index (κ3) is 7.64. The van der Waals surface area contributed by atoms with Crippen molar-refractivity contribution in [3.8, 4) is 5.75 Å². The maximum atomic E-state index is 12.5. The van der Waals surface area contributed by atoms with Crippen LogP contribution in [-0.4, -0.2) is 39.0 Å². The highest BCUT2D eigenvalue weighted by Gasteiger charge is 2.27. The molecule has 3 aromatic rings. The normalized spacial score (nSPS) is 12.6. The molecule has 0 fully saturated rings. The van der Waals surface area contributed by atoms with E-state index in [-0.39, 0.29) is 18.7 Å². The Balaban J connectivity index is 1.54. The van der Waals surface area contributed by atoms with Crippen LogP contribution in [0.5, 0.6) is 5.75 Å². The Hall–Kier alpha value is -3.88. The molecule has 2 atom stereocenters. The number of esters is 1. The summed E-state index contributed by atoms with van der Waals surface area (Å²) in [4.78, 5) is 28.7. The quantitative estimate of drug-likeness (QED) is 0.468. The molecule has 1 N–H and O–H groups in total. The van der Waals surface area contributed by atoms with Gasteiger partial charge in [-0.2, -0.15) is 5.10 Å². The molecular formula is C24H28N4O5. The summed E-state index contributed by atoms with van der Waals surface area (Å²) < 4.78 is 17.7. The van der Waals surface area contributed by atoms with Crippen molar-refractivity contribution in [2.24, 2.45) is 0 Å². The van der Waals surface area contributed by atoms with Crippen LogP contribution in [0.3, 0.4) is 0 Å². The highest BCUT2D eigenvalue weighted by Crippen LogP contribution is 2.16. The molecule has 0 unspecified atom stereocenters. The SMILES string of the molecule is CC(C)OC(=O)[C@@H](Cn1cncn1)OC(=O)N[C@@H](C)c1ccc(COc2ccccc2)cc1. The fraction of sp³-hybridized carbons (Fsp3) is 0.333. The van der Waals surface area contributed by atoms with Crippen LogP contribution in [0.4, 0.5) is 4.79 Å². The maximum absolute atomic E-state index is 12.5. The second-order valence-electron chi connectivity index (χ2n) is 7.71. The van der Waals surface area contributed by atoms with Gasteiger partial charge in [0.05, 0.1) is 18.7 Å². The second kappa shape index (κ2) is 11.7. The van der Waals surface area contributed by atoms with Gasteiger partial charge >= 0.3 is 12.1 Å². The lowest BCUT2D eigenvalue weighted by atomic mass is 10.1. The number of aromatic nitrogens is 3. The molecule has 1 heterocycles. The van der Waals surface area contributed by atoms with Crippen LogP contribution in [0.15, 0.2) is 67.3 Å². The summed E-state index contributed by atoms with van der Waals surface area (Å²) in [6.07, 6.45) is 0.541. The topological polar surface area (TPSA) is 105 Å². The number of nitrogens with one attached hydrogen (secondary N) is 1. The molecule has 3 rings (SSSR count). The lowest BCUT2D eigenvalue weighted by Crippen LogP contribution is -2.38. The first-order valence-corrected chi connectivity index (χ1v) is 10.7. The number of rotatable bonds is 10. The van der Waals surface area contributed by atoms with Gasteiger partial charge in [0.1, 0.15) is 25.0 Å². The van der Waals surface area contributed by atoms with Gasteiger partial charge in [0.15, 0.2) is 0 Å². The van der Waals surface area contributed by atoms with Crippen molar-refractivity contribution < 1.29 is 23.8 Å². The molecule has 0 aliphatic carbocycles. The largest absolute Gasteiger partial charge is 0.489 e. The van der Waals surface area contributed by atoms with Crippen molar-refractivity contribution >= 4 is 12.1 Å². The van der Waals surface area contributed by atoms with E-state index in [4.69, 9.17) is 14.2 Å². The number of para-hydroxylation sites is 1. The number of carbonyl (C=O) groups excluding carboxylic acids is 2. The van der Waals surface area contributed by atoms with Gasteiger partial charge in [0.25, 0.3) is 0 Å². The van der Waals surface area contributed by atoms with Crippen molar-refractivity contribution in [2.75, 3.05) is 0 Å². The van der Waals surface area contributed by atoms with Gasteiger partial charge in [0, 0.05) is 0 Å². The number of amides is 1. The number of ether oxygens (including phenoxy) is 3. The van der Waals surface area contributed by atoms with Gasteiger partial charge < -0.3 is 19.5 Å². The number of nitrogens with zero attached hydrogens (tertiary/aromatic N) is 3. The zero-order valence-electron chi connectivity index (χ0n) is 18.9. The van der Waals surface area contributed by atoms with E-state index < -0.39 is 18.2 Å². The van der Waals surface area contributed by atoms with E-state index in [1.807, 2.05) is 61.5 Å². The van der Waals surface area contributed by atoms with Crippen LogP contribution in [-0.2, 0) is 27.4 Å². The lowest BCUT2D eigenvalue weighted by molar-refractivity contribution is -0.158. The zero-order chi connectivity index (χ0) is 23.6. The molecule has 174 valence electrons. The number of carbonyl (C=O) groups is 2. The van der Waals surface area contributed by atoms with Crippen LogP contribution < -0.4 is 10.1 Å². The molecule has 2 aromatic carbocycles. The first-order valence-electron chi connectivity index (χ1n) is 10.7. The summed E-state index contributed by atoms with van der Waals surface area (Å²) in [5, 5.41) is 6.70. The van der Waals surface area contributed by atoms with E-state index in [1.54, 1.807) is 13.8 Å². The molecule has 1 amide bonds. The third-order valence-corrected chi connectivity index (χ3v) is 4.65. The summed E-state index contributed by atoms with van der Waals surface area (Å²) in [5.41, 5.74) is 1.88. The molecule has 0 aliphatic rings. The summed E-state index contributed by atoms with van der Waals surface area (Å²) >= 11 is 0. The standard InChI is InChI=1S/C24H28N4O5/c1-17(2)32-23(29)22(13-28-16-25-15-26-28)33-24(30)27-18(3)20-11-9-19(10-12-20)14-31-21-7-5-4-6-8-21/h4-12,15-18,22H,13-14H2,1-3H3,(H,27,30)/t18-,22+/m0/s1. The van der Waals surface area contributed by atoms with Crippen LogP contribution in [0.1, 0.15) is 37.9 Å². The van der Waals surface area contributed by atoms with Crippen LogP contribution in [0.25, 0.3) is 0 Å². The van der Waals surface area contributed by atoms with Crippen molar-refractivity contribution in [2.45, 2.75) is 52.2 Å². The summed E-state index contributed by atoms with van der Waals surface area (Å²) in [6.45, 7) is 5.72. The van der Waals surface area contributed by atoms with Crippen LogP contribution in [0.2, 0.25) is 0 Å². The molecule has 9 heteroatoms. The second-order valence-corrected chi connectivity index (χ2v) is 7.71. The number of alkyl carbamates (subject to hydrolysis) is 1. The third-order valence-electron chi connectivity index (χ3n) is 4.65. The van der Waals surface area contributed by atoms with E-state index in [9.17, 15) is 9.59 Å². The minimum Gasteiger partial charge on any atom is -0.489 e. The maximum Gasteiger partial charge on any atom is 0.408 e. The van der Waals surface area contributed by atoms with E-state index >= 15 is 0 Å². The molecule has 0 bridgehead atoms. The Morgan fingerprint density at radius 3 is 2.36 bits per heavy atom. The average Bonchev–Trinajstić information content (AvgIpc) is 3.31. The van der Waals surface area contributed by atoms with Crippen LogP contribution >= 0.6 is 0 Å². The summed E-state index contributed by atoms with van der Waals surface area (Å²) in [5.74, 6) is 0.155. The van der Waals surface area contributed by atoms with Crippen molar-refractivity contribution in [3.63, 3.8) is 0 Å². The van der Waals surface area contributed by atoms with Gasteiger partial charge in [-0.3, -0.25) is 0 Å². The molecule has 9 nitrogen and oxygen atoms in total. The molecule has 0 saturated heterocycles. The van der Waals surface area contributed by atoms with E-state index in [2.05, 4.69) is 15.4 Å². The van der Waals surface area contributed by atoms with Gasteiger partial charge in [-0.05, 0) is 44.0 Å². The van der Waals surface area contributed by atoms with Gasteiger partial charge in [-0.1, -0.05) is 42.5 Å². The molecule has 33 heavy (non-hydrogen) atoms. The summed E-state index contributed by atoms with van der Waals surface area (Å²) in [7, 11) is 0. The van der Waals surface area contributed by atoms with Gasteiger partial charge in [0.2, 0.25) is 6.10 Å². The van der Waals surface area contributed by atoms with Crippen molar-refractivity contribution in [3.05, 3.63) is 78.4 Å². The Bertz CT molecular complexity index is 1010. The van der Waals surface area contributed by atoms with E-state index in [1.165, 1.54) is 17.3 Å². The number of hydrogen-bond acceptors (Lipinski definition) is 7. The zero-order valence-corrected chi connectivity index (χ0v) is 18.9. The molecule has 0 spiro atoms. The van der Waals surface area contributed by atoms with Gasteiger partial charge in [-0.15, -0.1) is 0 Å². The molecule has 0 radical (unpaired) electrons. The predicted octanol–water partition coefficient (Wildman–Crippen LogP) is 3.66. The molecule has 1 aromatic heterocycles. The average molecular weight is 453 g/mol. The predicted molar refractivity (Wildman–Crippen MR) is 120 cm³/mol. The number of benzene rings is 2. The monoisotopic (exact) mass is 452 g/mol. The van der Waals surface area contributed by atoms with E-state index in [0.717, 1.165) is 16.9 Å². The molecule has 0 saturated carbocycles. The minimum atomic E-state index is -1.15. The first-order chi connectivity index (χ1) is 15.9. The fourth-order valence-electron chi connectivity index (χ4n) is 2.97. The smallest absolute Gasteiger partial charge is 0.408 e. The Kier molecular flexibility index (Phi) is 8.40. The fourth-order valence-corrected chi connectivity index (χ4v) is 2.97. The highest BCUT2D eigenvalue weighted by atomic mass is 16.6. The first kappa shape index (κ1) is 23.8. The molecular weight excluding hydrogens is 424 g/mol. The summed E-state index contributed by atoms with van der Waals surface area (Å²) in [6, 6.07) is 16.9. The Morgan fingerprint density at radius 2 is 1.73 bits per heavy atom. The van der Waals surface area contributed by atoms with Crippen molar-refractivity contribution in [1.29, 1.82) is 0 Å². The highest BCUT2D eigenvalue weighted by molar-refractivity contribution is 5.79. The van der Waals surface area contributed by atoms with Gasteiger partial charge in [-0.25, -0.2) is 19.3 Å². The molecule has 0 aliphatic heterocycles. The lowest BCUT2D eigenvalue weighted by Gasteiger charge is -2.20. The minimum absolute atomic E-state index is 0.00344. The van der Waals surface area contributed by atoms with E-state index in [0.29, 0.717) is 6.61 Å².